The largest absolute Gasteiger partial charge is 0.332 e. The van der Waals surface area contributed by atoms with E-state index in [4.69, 9.17) is 4.55 Å². The number of hydrogen-bond donors (Lipinski definition) is 3. The van der Waals surface area contributed by atoms with Crippen LogP contribution in [0.15, 0.2) is 29.2 Å². The van der Waals surface area contributed by atoms with Crippen LogP contribution in [-0.2, 0) is 10.1 Å². The smallest absolute Gasteiger partial charge is 0.319 e. The monoisotopic (exact) mass is 350 g/mol. The van der Waals surface area contributed by atoms with Crippen molar-refractivity contribution in [2.45, 2.75) is 49.0 Å². The zero-order chi connectivity index (χ0) is 16.9. The number of benzene rings is 1. The lowest BCUT2D eigenvalue weighted by molar-refractivity contribution is -0.0127. The molecule has 7 heteroatoms. The third-order valence-corrected chi connectivity index (χ3v) is 6.66. The van der Waals surface area contributed by atoms with Crippen molar-refractivity contribution in [1.29, 1.82) is 0 Å². The highest BCUT2D eigenvalue weighted by Crippen LogP contribution is 2.55. The van der Waals surface area contributed by atoms with Gasteiger partial charge in [-0.2, -0.15) is 8.42 Å². The lowest BCUT2D eigenvalue weighted by atomic mass is 9.53. The molecule has 0 atom stereocenters. The van der Waals surface area contributed by atoms with Crippen molar-refractivity contribution in [3.63, 3.8) is 0 Å². The minimum atomic E-state index is -4.28. The molecular weight excluding hydrogens is 328 g/mol. The van der Waals surface area contributed by atoms with Gasteiger partial charge in [-0.05, 0) is 74.5 Å². The molecule has 4 bridgehead atoms. The van der Waals surface area contributed by atoms with E-state index in [9.17, 15) is 13.2 Å². The van der Waals surface area contributed by atoms with Crippen molar-refractivity contribution in [1.82, 2.24) is 5.32 Å². The third-order valence-electron chi connectivity index (χ3n) is 5.81. The molecule has 6 nitrogen and oxygen atoms in total. The Morgan fingerprint density at radius 3 is 2.21 bits per heavy atom. The van der Waals surface area contributed by atoms with Crippen LogP contribution in [0.4, 0.5) is 10.5 Å². The van der Waals surface area contributed by atoms with Gasteiger partial charge in [-0.1, -0.05) is 6.07 Å². The Morgan fingerprint density at radius 2 is 1.67 bits per heavy atom. The quantitative estimate of drug-likeness (QED) is 0.730. The molecule has 2 amide bonds. The first-order chi connectivity index (χ1) is 11.3. The van der Waals surface area contributed by atoms with Crippen LogP contribution in [0.2, 0.25) is 0 Å². The van der Waals surface area contributed by atoms with E-state index in [1.54, 1.807) is 6.07 Å². The molecule has 0 spiro atoms. The molecule has 24 heavy (non-hydrogen) atoms. The second-order valence-corrected chi connectivity index (χ2v) is 9.20. The van der Waals surface area contributed by atoms with Gasteiger partial charge in [0.1, 0.15) is 0 Å². The second kappa shape index (κ2) is 5.46. The van der Waals surface area contributed by atoms with Crippen molar-refractivity contribution in [3.8, 4) is 0 Å². The predicted molar refractivity (Wildman–Crippen MR) is 89.3 cm³/mol. The van der Waals surface area contributed by atoms with Crippen LogP contribution >= 0.6 is 0 Å². The van der Waals surface area contributed by atoms with E-state index in [0.717, 1.165) is 37.0 Å². The van der Waals surface area contributed by atoms with Crippen LogP contribution in [0.3, 0.4) is 0 Å². The van der Waals surface area contributed by atoms with Gasteiger partial charge in [-0.3, -0.25) is 4.55 Å². The van der Waals surface area contributed by atoms with Crippen LogP contribution in [-0.4, -0.2) is 24.5 Å². The summed E-state index contributed by atoms with van der Waals surface area (Å²) in [6.07, 6.45) is 7.07. The molecule has 1 aromatic rings. The van der Waals surface area contributed by atoms with Crippen molar-refractivity contribution < 1.29 is 17.8 Å². The molecule has 0 unspecified atom stereocenters. The summed E-state index contributed by atoms with van der Waals surface area (Å²) in [5, 5.41) is 5.87. The number of carbonyl (C=O) groups is 1. The number of amides is 2. The Kier molecular flexibility index (Phi) is 3.61. The maximum absolute atomic E-state index is 12.4. The van der Waals surface area contributed by atoms with Gasteiger partial charge in [-0.25, -0.2) is 4.79 Å². The Morgan fingerprint density at radius 1 is 1.08 bits per heavy atom. The predicted octanol–water partition coefficient (Wildman–Crippen LogP) is 3.02. The SMILES string of the molecule is O=C(Nc1cccc(S(=O)(=O)O)c1)NC12CC3CC(CC(C3)C1)C2. The van der Waals surface area contributed by atoms with Crippen molar-refractivity contribution >= 4 is 21.8 Å². The summed E-state index contributed by atoms with van der Waals surface area (Å²) < 4.78 is 31.5. The highest BCUT2D eigenvalue weighted by atomic mass is 32.2. The summed E-state index contributed by atoms with van der Waals surface area (Å²) >= 11 is 0. The van der Waals surface area contributed by atoms with E-state index in [1.165, 1.54) is 37.5 Å². The number of hydrogen-bond acceptors (Lipinski definition) is 3. The standard InChI is InChI=1S/C17H22N2O4S/c20-16(18-14-2-1-3-15(7-14)24(21,22)23)19-17-8-11-4-12(9-17)6-13(5-11)10-17/h1-3,7,11-13H,4-6,8-10H2,(H2,18,19,20)(H,21,22,23). The van der Waals surface area contributed by atoms with Crippen molar-refractivity contribution in [2.24, 2.45) is 17.8 Å². The maximum Gasteiger partial charge on any atom is 0.319 e. The average Bonchev–Trinajstić information content (AvgIpc) is 2.44. The van der Waals surface area contributed by atoms with Crippen LogP contribution in [0, 0.1) is 17.8 Å². The lowest BCUT2D eigenvalue weighted by Crippen LogP contribution is -2.60. The van der Waals surface area contributed by atoms with E-state index in [-0.39, 0.29) is 16.5 Å². The van der Waals surface area contributed by atoms with Gasteiger partial charge in [0.25, 0.3) is 10.1 Å². The molecule has 5 rings (SSSR count). The molecule has 0 radical (unpaired) electrons. The fourth-order valence-corrected chi connectivity index (χ4v) is 5.93. The van der Waals surface area contributed by atoms with Gasteiger partial charge in [0.05, 0.1) is 4.90 Å². The summed E-state index contributed by atoms with van der Waals surface area (Å²) in [6, 6.07) is 5.34. The number of anilines is 1. The van der Waals surface area contributed by atoms with E-state index in [2.05, 4.69) is 10.6 Å². The van der Waals surface area contributed by atoms with Gasteiger partial charge in [0, 0.05) is 11.2 Å². The molecule has 4 fully saturated rings. The van der Waals surface area contributed by atoms with Gasteiger partial charge < -0.3 is 10.6 Å². The van der Waals surface area contributed by atoms with Crippen LogP contribution in [0.1, 0.15) is 38.5 Å². The molecule has 1 aromatic carbocycles. The third kappa shape index (κ3) is 3.02. The molecule has 0 saturated heterocycles. The highest BCUT2D eigenvalue weighted by molar-refractivity contribution is 7.85. The van der Waals surface area contributed by atoms with Crippen LogP contribution in [0.25, 0.3) is 0 Å². The Balaban J connectivity index is 1.46. The zero-order valence-electron chi connectivity index (χ0n) is 13.4. The first-order valence-corrected chi connectivity index (χ1v) is 9.92. The first-order valence-electron chi connectivity index (χ1n) is 8.48. The Bertz CT molecular complexity index is 739. The van der Waals surface area contributed by atoms with E-state index < -0.39 is 10.1 Å². The molecule has 4 saturated carbocycles. The summed E-state index contributed by atoms with van der Waals surface area (Å²) in [5.41, 5.74) is 0.256. The fraction of sp³-hybridized carbons (Fsp3) is 0.588. The van der Waals surface area contributed by atoms with Crippen LogP contribution < -0.4 is 10.6 Å². The minimum Gasteiger partial charge on any atom is -0.332 e. The Labute approximate surface area is 141 Å². The van der Waals surface area contributed by atoms with E-state index >= 15 is 0 Å². The average molecular weight is 350 g/mol. The summed E-state index contributed by atoms with van der Waals surface area (Å²) in [6.45, 7) is 0. The molecule has 0 aromatic heterocycles. The molecule has 3 N–H and O–H groups in total. The lowest BCUT2D eigenvalue weighted by Gasteiger charge is -2.56. The summed E-state index contributed by atoms with van der Waals surface area (Å²) in [5.74, 6) is 2.21. The molecule has 0 heterocycles. The van der Waals surface area contributed by atoms with Gasteiger partial charge in [0.15, 0.2) is 0 Å². The maximum atomic E-state index is 12.4. The molecule has 0 aliphatic heterocycles. The van der Waals surface area contributed by atoms with Crippen molar-refractivity contribution in [3.05, 3.63) is 24.3 Å². The zero-order valence-corrected chi connectivity index (χ0v) is 14.2. The molecule has 130 valence electrons. The van der Waals surface area contributed by atoms with Gasteiger partial charge >= 0.3 is 6.03 Å². The first kappa shape index (κ1) is 15.9. The minimum absolute atomic E-state index is 0.0977. The normalized spacial score (nSPS) is 34.1. The van der Waals surface area contributed by atoms with Crippen LogP contribution in [0.5, 0.6) is 0 Å². The summed E-state index contributed by atoms with van der Waals surface area (Å²) in [4.78, 5) is 12.2. The topological polar surface area (TPSA) is 95.5 Å². The van der Waals surface area contributed by atoms with E-state index in [0.29, 0.717) is 5.69 Å². The number of urea groups is 1. The molecule has 4 aliphatic carbocycles. The number of rotatable bonds is 3. The van der Waals surface area contributed by atoms with Gasteiger partial charge in [0.2, 0.25) is 0 Å². The number of nitrogens with one attached hydrogen (secondary N) is 2. The fourth-order valence-electron chi connectivity index (χ4n) is 5.40. The number of carbonyl (C=O) groups excluding carboxylic acids is 1. The van der Waals surface area contributed by atoms with Crippen molar-refractivity contribution in [2.75, 3.05) is 5.32 Å². The summed E-state index contributed by atoms with van der Waals surface area (Å²) in [7, 11) is -4.28. The molecular formula is C17H22N2O4S. The van der Waals surface area contributed by atoms with E-state index in [1.807, 2.05) is 0 Å². The second-order valence-electron chi connectivity index (χ2n) is 7.78. The Hall–Kier alpha value is -1.60. The van der Waals surface area contributed by atoms with Gasteiger partial charge in [-0.15, -0.1) is 0 Å². The highest BCUT2D eigenvalue weighted by Gasteiger charge is 2.51. The molecule has 4 aliphatic rings.